The number of carbonyl (C=O) groups is 3. The minimum absolute atomic E-state index is 0.0796. The Morgan fingerprint density at radius 3 is 0.841 bits per heavy atom. The van der Waals surface area contributed by atoms with E-state index < -0.39 is 6.10 Å². The molecule has 0 spiro atoms. The summed E-state index contributed by atoms with van der Waals surface area (Å²) in [5, 5.41) is 0. The van der Waals surface area contributed by atoms with Gasteiger partial charge in [-0.15, -0.1) is 0 Å². The maximum Gasteiger partial charge on any atom is 0.306 e. The van der Waals surface area contributed by atoms with Crippen molar-refractivity contribution in [1.82, 2.24) is 0 Å². The number of carbonyl (C=O) groups excluding carboxylic acids is 3. The quantitative estimate of drug-likeness (QED) is 0.0262. The van der Waals surface area contributed by atoms with Crippen molar-refractivity contribution < 1.29 is 28.6 Å². The summed E-state index contributed by atoms with van der Waals surface area (Å²) >= 11 is 0. The molecule has 6 nitrogen and oxygen atoms in total. The summed E-state index contributed by atoms with van der Waals surface area (Å²) in [6.07, 6.45) is 71.0. The Hall–Kier alpha value is -2.63. The monoisotopic (exact) mass is 967 g/mol. The first kappa shape index (κ1) is 66.4. The molecule has 0 N–H and O–H groups in total. The van der Waals surface area contributed by atoms with Gasteiger partial charge in [-0.05, 0) is 103 Å². The van der Waals surface area contributed by atoms with Gasteiger partial charge in [0.05, 0.1) is 0 Å². The van der Waals surface area contributed by atoms with Crippen molar-refractivity contribution >= 4 is 17.9 Å². The van der Waals surface area contributed by atoms with Crippen LogP contribution in [0, 0.1) is 0 Å². The summed E-state index contributed by atoms with van der Waals surface area (Å²) in [5.41, 5.74) is 0. The highest BCUT2D eigenvalue weighted by Gasteiger charge is 2.19. The maximum atomic E-state index is 12.9. The zero-order valence-electron chi connectivity index (χ0n) is 46.1. The number of esters is 3. The summed E-state index contributed by atoms with van der Waals surface area (Å²) < 4.78 is 16.9. The second kappa shape index (κ2) is 57.9. The van der Waals surface area contributed by atoms with Crippen LogP contribution in [-0.2, 0) is 28.6 Å². The van der Waals surface area contributed by atoms with Gasteiger partial charge < -0.3 is 14.2 Å². The smallest absolute Gasteiger partial charge is 0.306 e. The molecule has 0 saturated heterocycles. The molecular weight excluding hydrogens is 853 g/mol. The lowest BCUT2D eigenvalue weighted by molar-refractivity contribution is -0.167. The molecule has 402 valence electrons. The largest absolute Gasteiger partial charge is 0.462 e. The third kappa shape index (κ3) is 56.2. The van der Waals surface area contributed by atoms with E-state index >= 15 is 0 Å². The molecule has 0 bridgehead atoms. The lowest BCUT2D eigenvalue weighted by Gasteiger charge is -2.18. The van der Waals surface area contributed by atoms with E-state index in [2.05, 4.69) is 69.4 Å². The molecule has 1 atom stereocenters. The van der Waals surface area contributed by atoms with Crippen LogP contribution in [0.3, 0.4) is 0 Å². The average molecular weight is 968 g/mol. The van der Waals surface area contributed by atoms with Crippen molar-refractivity contribution in [2.45, 2.75) is 322 Å². The molecule has 0 heterocycles. The van der Waals surface area contributed by atoms with E-state index in [0.29, 0.717) is 19.3 Å². The van der Waals surface area contributed by atoms with E-state index in [1.54, 1.807) is 0 Å². The van der Waals surface area contributed by atoms with Crippen LogP contribution in [0.15, 0.2) is 48.6 Å². The van der Waals surface area contributed by atoms with E-state index in [-0.39, 0.29) is 31.1 Å². The van der Waals surface area contributed by atoms with Crippen LogP contribution in [0.5, 0.6) is 0 Å². The fourth-order valence-electron chi connectivity index (χ4n) is 8.70. The molecule has 0 rings (SSSR count). The molecular formula is C63H114O6. The van der Waals surface area contributed by atoms with E-state index in [1.165, 1.54) is 199 Å². The highest BCUT2D eigenvalue weighted by atomic mass is 16.6. The number of hydrogen-bond donors (Lipinski definition) is 0. The Labute approximate surface area is 428 Å². The molecule has 0 aromatic rings. The van der Waals surface area contributed by atoms with Crippen molar-refractivity contribution in [1.29, 1.82) is 0 Å². The molecule has 0 aliphatic rings. The fraction of sp³-hybridized carbons (Fsp3) is 0.825. The Kier molecular flexibility index (Phi) is 55.7. The molecule has 0 amide bonds. The summed E-state index contributed by atoms with van der Waals surface area (Å²) in [6, 6.07) is 0. The van der Waals surface area contributed by atoms with Gasteiger partial charge in [-0.2, -0.15) is 0 Å². The van der Waals surface area contributed by atoms with E-state index in [4.69, 9.17) is 14.2 Å². The lowest BCUT2D eigenvalue weighted by atomic mass is 10.1. The first-order valence-electron chi connectivity index (χ1n) is 30.1. The van der Waals surface area contributed by atoms with Gasteiger partial charge in [-0.3, -0.25) is 14.4 Å². The van der Waals surface area contributed by atoms with E-state index in [9.17, 15) is 14.4 Å². The highest BCUT2D eigenvalue weighted by molar-refractivity contribution is 5.71. The molecule has 0 aromatic heterocycles. The minimum Gasteiger partial charge on any atom is -0.462 e. The molecule has 0 aliphatic heterocycles. The average Bonchev–Trinajstić information content (AvgIpc) is 3.35. The number of rotatable bonds is 55. The third-order valence-corrected chi connectivity index (χ3v) is 13.3. The minimum atomic E-state index is -0.782. The predicted octanol–water partition coefficient (Wildman–Crippen LogP) is 20.2. The normalized spacial score (nSPS) is 12.3. The van der Waals surface area contributed by atoms with Gasteiger partial charge >= 0.3 is 17.9 Å². The van der Waals surface area contributed by atoms with Crippen LogP contribution in [0.4, 0.5) is 0 Å². The van der Waals surface area contributed by atoms with E-state index in [1.807, 2.05) is 0 Å². The number of unbranched alkanes of at least 4 members (excludes halogenated alkanes) is 36. The first-order chi connectivity index (χ1) is 34.0. The summed E-state index contributed by atoms with van der Waals surface area (Å²) in [6.45, 7) is 6.63. The summed E-state index contributed by atoms with van der Waals surface area (Å²) in [5.74, 6) is -0.885. The standard InChI is InChI=1S/C63H114O6/c1-4-7-10-13-16-19-22-25-28-31-32-33-36-38-41-44-47-50-53-56-62(65)68-59-60(69-63(66)57-54-51-48-45-42-39-35-30-27-24-21-18-15-12-9-6-3)58-67-61(64)55-52-49-46-43-40-37-34-29-26-23-20-17-14-11-8-5-2/h16,19,25,28-30,34-35,60H,4-15,17-18,20-24,26-27,31-33,36-59H2,1-3H3/b19-16-,28-25-,34-29-,35-30-. The molecule has 0 fully saturated rings. The molecule has 6 heteroatoms. The lowest BCUT2D eigenvalue weighted by Crippen LogP contribution is -2.30. The van der Waals surface area contributed by atoms with Crippen LogP contribution < -0.4 is 0 Å². The predicted molar refractivity (Wildman–Crippen MR) is 298 cm³/mol. The van der Waals surface area contributed by atoms with Crippen LogP contribution in [-0.4, -0.2) is 37.2 Å². The zero-order valence-corrected chi connectivity index (χ0v) is 46.1. The Morgan fingerprint density at radius 2 is 0.522 bits per heavy atom. The molecule has 1 unspecified atom stereocenters. The number of allylic oxidation sites excluding steroid dienone is 8. The molecule has 69 heavy (non-hydrogen) atoms. The van der Waals surface area contributed by atoms with Crippen molar-refractivity contribution in [2.75, 3.05) is 13.2 Å². The van der Waals surface area contributed by atoms with Crippen LogP contribution in [0.25, 0.3) is 0 Å². The Morgan fingerprint density at radius 1 is 0.290 bits per heavy atom. The van der Waals surface area contributed by atoms with Gasteiger partial charge in [0.25, 0.3) is 0 Å². The van der Waals surface area contributed by atoms with E-state index in [0.717, 1.165) is 77.0 Å². The highest BCUT2D eigenvalue weighted by Crippen LogP contribution is 2.16. The second-order valence-corrected chi connectivity index (χ2v) is 20.2. The topological polar surface area (TPSA) is 78.9 Å². The molecule has 0 aromatic carbocycles. The van der Waals surface area contributed by atoms with Gasteiger partial charge in [-0.1, -0.05) is 243 Å². The van der Waals surface area contributed by atoms with Crippen molar-refractivity contribution in [3.63, 3.8) is 0 Å². The molecule has 0 saturated carbocycles. The maximum absolute atomic E-state index is 12.9. The number of ether oxygens (including phenoxy) is 3. The molecule has 0 aliphatic carbocycles. The molecule has 0 radical (unpaired) electrons. The Balaban J connectivity index is 4.37. The summed E-state index contributed by atoms with van der Waals surface area (Å²) in [4.78, 5) is 38.2. The SMILES string of the molecule is CCCCC/C=C\C/C=C\CCCCCCCCCCCC(=O)OCC(COC(=O)CCCCCCC/C=C\CCCCCCCCC)OC(=O)CCCCCCC/C=C\CCCCCCCCC. The van der Waals surface area contributed by atoms with Crippen molar-refractivity contribution in [3.05, 3.63) is 48.6 Å². The Bertz CT molecular complexity index is 1200. The van der Waals surface area contributed by atoms with Crippen LogP contribution in [0.1, 0.15) is 316 Å². The van der Waals surface area contributed by atoms with Crippen molar-refractivity contribution in [3.8, 4) is 0 Å². The first-order valence-corrected chi connectivity index (χ1v) is 30.1. The van der Waals surface area contributed by atoms with Crippen LogP contribution >= 0.6 is 0 Å². The van der Waals surface area contributed by atoms with Crippen LogP contribution in [0.2, 0.25) is 0 Å². The number of hydrogen-bond acceptors (Lipinski definition) is 6. The van der Waals surface area contributed by atoms with Gasteiger partial charge in [-0.25, -0.2) is 0 Å². The van der Waals surface area contributed by atoms with Gasteiger partial charge in [0.1, 0.15) is 13.2 Å². The van der Waals surface area contributed by atoms with Gasteiger partial charge in [0, 0.05) is 19.3 Å². The van der Waals surface area contributed by atoms with Crippen molar-refractivity contribution in [2.24, 2.45) is 0 Å². The van der Waals surface area contributed by atoms with Gasteiger partial charge in [0.2, 0.25) is 0 Å². The third-order valence-electron chi connectivity index (χ3n) is 13.3. The fourth-order valence-corrected chi connectivity index (χ4v) is 8.70. The zero-order chi connectivity index (χ0) is 50.0. The second-order valence-electron chi connectivity index (χ2n) is 20.2. The van der Waals surface area contributed by atoms with Gasteiger partial charge in [0.15, 0.2) is 6.10 Å². The summed E-state index contributed by atoms with van der Waals surface area (Å²) in [7, 11) is 0.